The molecule has 76 valence electrons. The maximum absolute atomic E-state index is 9.72. The molecule has 13 heavy (non-hydrogen) atoms. The summed E-state index contributed by atoms with van der Waals surface area (Å²) in [7, 11) is 0. The molecule has 0 radical (unpaired) electrons. The minimum Gasteiger partial charge on any atom is -0.390 e. The van der Waals surface area contributed by atoms with Crippen molar-refractivity contribution in [2.24, 2.45) is 0 Å². The van der Waals surface area contributed by atoms with Crippen molar-refractivity contribution in [3.05, 3.63) is 0 Å². The Balaban J connectivity index is 1.72. The summed E-state index contributed by atoms with van der Waals surface area (Å²) in [4.78, 5) is 0. The van der Waals surface area contributed by atoms with E-state index in [1.807, 2.05) is 0 Å². The molecule has 1 aliphatic carbocycles. The summed E-state index contributed by atoms with van der Waals surface area (Å²) in [6.07, 6.45) is 5.60. The lowest BCUT2D eigenvalue weighted by Crippen LogP contribution is -2.29. The number of ether oxygens (including phenoxy) is 2. The van der Waals surface area contributed by atoms with Crippen molar-refractivity contribution in [3.63, 3.8) is 0 Å². The second kappa shape index (κ2) is 4.40. The van der Waals surface area contributed by atoms with Crippen molar-refractivity contribution >= 4 is 0 Å². The summed E-state index contributed by atoms with van der Waals surface area (Å²) in [5.74, 6) is 0. The molecule has 1 saturated heterocycles. The number of aliphatic hydroxyl groups excluding tert-OH is 1. The van der Waals surface area contributed by atoms with Gasteiger partial charge in [0.2, 0.25) is 0 Å². The maximum atomic E-state index is 9.72. The topological polar surface area (TPSA) is 42.0 Å². The normalized spacial score (nSPS) is 39.9. The Morgan fingerprint density at radius 2 is 2.00 bits per heavy atom. The zero-order chi connectivity index (χ0) is 9.10. The molecule has 3 nitrogen and oxygen atoms in total. The van der Waals surface area contributed by atoms with Crippen LogP contribution in [0.25, 0.3) is 0 Å². The lowest BCUT2D eigenvalue weighted by molar-refractivity contribution is -0.0444. The Hall–Kier alpha value is -0.120. The molecule has 0 amide bonds. The number of rotatable bonds is 3. The molecule has 0 spiro atoms. The van der Waals surface area contributed by atoms with Gasteiger partial charge in [-0.25, -0.2) is 0 Å². The largest absolute Gasteiger partial charge is 0.390 e. The fourth-order valence-corrected chi connectivity index (χ4v) is 1.84. The molecular weight excluding hydrogens is 168 g/mol. The highest BCUT2D eigenvalue weighted by molar-refractivity contribution is 4.75. The minimum absolute atomic E-state index is 0.0618. The van der Waals surface area contributed by atoms with Crippen LogP contribution in [0, 0.1) is 0 Å². The van der Waals surface area contributed by atoms with Gasteiger partial charge in [0.05, 0.1) is 25.4 Å². The molecule has 0 bridgehead atoms. The van der Waals surface area contributed by atoms with Crippen molar-refractivity contribution in [1.82, 2.24) is 0 Å². The van der Waals surface area contributed by atoms with Crippen LogP contribution in [0.4, 0.5) is 0 Å². The van der Waals surface area contributed by atoms with E-state index in [0.29, 0.717) is 12.7 Å². The van der Waals surface area contributed by atoms with Crippen LogP contribution in [-0.2, 0) is 9.47 Å². The predicted molar refractivity (Wildman–Crippen MR) is 48.6 cm³/mol. The first-order valence-electron chi connectivity index (χ1n) is 5.27. The summed E-state index contributed by atoms with van der Waals surface area (Å²) >= 11 is 0. The van der Waals surface area contributed by atoms with Gasteiger partial charge in [0.25, 0.3) is 0 Å². The van der Waals surface area contributed by atoms with E-state index in [2.05, 4.69) is 0 Å². The Kier molecular flexibility index (Phi) is 3.19. The minimum atomic E-state index is -0.249. The van der Waals surface area contributed by atoms with Gasteiger partial charge in [-0.3, -0.25) is 0 Å². The predicted octanol–water partition coefficient (Wildman–Crippen LogP) is 1.10. The number of epoxide rings is 1. The third-order valence-corrected chi connectivity index (χ3v) is 2.82. The summed E-state index contributed by atoms with van der Waals surface area (Å²) < 4.78 is 10.7. The Morgan fingerprint density at radius 1 is 1.23 bits per heavy atom. The van der Waals surface area contributed by atoms with Gasteiger partial charge in [-0.2, -0.15) is 0 Å². The average Bonchev–Trinajstić information content (AvgIpc) is 2.90. The molecular formula is C10H18O3. The van der Waals surface area contributed by atoms with Crippen molar-refractivity contribution in [3.8, 4) is 0 Å². The first-order valence-corrected chi connectivity index (χ1v) is 5.27. The Labute approximate surface area is 79.0 Å². The van der Waals surface area contributed by atoms with Crippen molar-refractivity contribution < 1.29 is 14.6 Å². The van der Waals surface area contributed by atoms with E-state index in [1.165, 1.54) is 12.8 Å². The third kappa shape index (κ3) is 2.93. The van der Waals surface area contributed by atoms with Crippen LogP contribution >= 0.6 is 0 Å². The first kappa shape index (κ1) is 9.44. The number of hydrogen-bond acceptors (Lipinski definition) is 3. The van der Waals surface area contributed by atoms with Gasteiger partial charge in [0, 0.05) is 0 Å². The molecule has 0 aromatic carbocycles. The zero-order valence-corrected chi connectivity index (χ0v) is 7.95. The zero-order valence-electron chi connectivity index (χ0n) is 7.95. The van der Waals surface area contributed by atoms with Crippen LogP contribution in [-0.4, -0.2) is 36.6 Å². The van der Waals surface area contributed by atoms with Crippen molar-refractivity contribution in [2.75, 3.05) is 13.2 Å². The van der Waals surface area contributed by atoms with Gasteiger partial charge in [0.15, 0.2) is 0 Å². The second-order valence-corrected chi connectivity index (χ2v) is 4.03. The van der Waals surface area contributed by atoms with Gasteiger partial charge in [0.1, 0.15) is 6.10 Å². The van der Waals surface area contributed by atoms with E-state index in [0.717, 1.165) is 25.9 Å². The lowest BCUT2D eigenvalue weighted by Gasteiger charge is -2.20. The standard InChI is InChI=1S/C10H18O3/c11-9-4-2-1-3-5-10(9)13-7-8-6-12-8/h8-11H,1-7H2. The fraction of sp³-hybridized carbons (Fsp3) is 1.00. The summed E-state index contributed by atoms with van der Waals surface area (Å²) in [6.45, 7) is 1.50. The molecule has 1 heterocycles. The highest BCUT2D eigenvalue weighted by atomic mass is 16.6. The van der Waals surface area contributed by atoms with Crippen LogP contribution in [0.1, 0.15) is 32.1 Å². The first-order chi connectivity index (χ1) is 6.36. The van der Waals surface area contributed by atoms with Crippen molar-refractivity contribution in [1.29, 1.82) is 0 Å². The van der Waals surface area contributed by atoms with E-state index in [1.54, 1.807) is 0 Å². The molecule has 1 N–H and O–H groups in total. The second-order valence-electron chi connectivity index (χ2n) is 4.03. The van der Waals surface area contributed by atoms with Gasteiger partial charge in [-0.05, 0) is 12.8 Å². The van der Waals surface area contributed by atoms with Crippen LogP contribution in [0.3, 0.4) is 0 Å². The number of hydrogen-bond donors (Lipinski definition) is 1. The van der Waals surface area contributed by atoms with Gasteiger partial charge in [-0.1, -0.05) is 19.3 Å². The summed E-state index contributed by atoms with van der Waals surface area (Å²) in [6, 6.07) is 0. The van der Waals surface area contributed by atoms with Crippen molar-refractivity contribution in [2.45, 2.75) is 50.4 Å². The van der Waals surface area contributed by atoms with Crippen LogP contribution in [0.5, 0.6) is 0 Å². The monoisotopic (exact) mass is 186 g/mol. The summed E-state index contributed by atoms with van der Waals surface area (Å²) in [5.41, 5.74) is 0. The lowest BCUT2D eigenvalue weighted by atomic mass is 10.1. The molecule has 0 aromatic heterocycles. The van der Waals surface area contributed by atoms with E-state index < -0.39 is 0 Å². The molecule has 3 heteroatoms. The average molecular weight is 186 g/mol. The molecule has 3 unspecified atom stereocenters. The molecule has 2 aliphatic rings. The van der Waals surface area contributed by atoms with Crippen LogP contribution < -0.4 is 0 Å². The van der Waals surface area contributed by atoms with E-state index in [9.17, 15) is 5.11 Å². The molecule has 1 saturated carbocycles. The highest BCUT2D eigenvalue weighted by Crippen LogP contribution is 2.21. The maximum Gasteiger partial charge on any atom is 0.104 e. The van der Waals surface area contributed by atoms with Gasteiger partial charge in [-0.15, -0.1) is 0 Å². The smallest absolute Gasteiger partial charge is 0.104 e. The van der Waals surface area contributed by atoms with E-state index in [-0.39, 0.29) is 12.2 Å². The molecule has 0 aromatic rings. The van der Waals surface area contributed by atoms with E-state index >= 15 is 0 Å². The molecule has 2 fully saturated rings. The summed E-state index contributed by atoms with van der Waals surface area (Å²) in [5, 5.41) is 9.72. The van der Waals surface area contributed by atoms with Crippen LogP contribution in [0.15, 0.2) is 0 Å². The quantitative estimate of drug-likeness (QED) is 0.530. The fourth-order valence-electron chi connectivity index (χ4n) is 1.84. The Bertz CT molecular complexity index is 156. The van der Waals surface area contributed by atoms with Gasteiger partial charge >= 0.3 is 0 Å². The Morgan fingerprint density at radius 3 is 2.77 bits per heavy atom. The third-order valence-electron chi connectivity index (χ3n) is 2.82. The van der Waals surface area contributed by atoms with Gasteiger partial charge < -0.3 is 14.6 Å². The molecule has 3 atom stereocenters. The van der Waals surface area contributed by atoms with Crippen LogP contribution in [0.2, 0.25) is 0 Å². The van der Waals surface area contributed by atoms with E-state index in [4.69, 9.17) is 9.47 Å². The number of aliphatic hydroxyl groups is 1. The highest BCUT2D eigenvalue weighted by Gasteiger charge is 2.27. The SMILES string of the molecule is OC1CCCCCC1OCC1CO1. The molecule has 2 rings (SSSR count). The molecule has 1 aliphatic heterocycles.